The molecule has 0 atom stereocenters. The highest BCUT2D eigenvalue weighted by Crippen LogP contribution is 2.30. The second-order valence-corrected chi connectivity index (χ2v) is 8.01. The van der Waals surface area contributed by atoms with Crippen LogP contribution in [0.5, 0.6) is 17.4 Å². The molecule has 2 heterocycles. The monoisotopic (exact) mass is 440 g/mol. The number of aromatic nitrogens is 1. The van der Waals surface area contributed by atoms with Crippen molar-refractivity contribution in [3.63, 3.8) is 0 Å². The number of nitrogens with one attached hydrogen (secondary N) is 1. The van der Waals surface area contributed by atoms with E-state index < -0.39 is 0 Å². The number of amides is 2. The number of imide groups is 1. The molecule has 8 nitrogen and oxygen atoms in total. The number of H-pyrrole nitrogens is 1. The van der Waals surface area contributed by atoms with Crippen molar-refractivity contribution < 1.29 is 24.2 Å². The second kappa shape index (κ2) is 8.65. The molecule has 0 bridgehead atoms. The highest BCUT2D eigenvalue weighted by Gasteiger charge is 2.34. The topological polar surface area (TPSA) is 109 Å². The van der Waals surface area contributed by atoms with Crippen molar-refractivity contribution in [3.05, 3.63) is 73.7 Å². The van der Waals surface area contributed by atoms with E-state index in [4.69, 9.17) is 9.47 Å². The Morgan fingerprint density at radius 3 is 2.39 bits per heavy atom. The van der Waals surface area contributed by atoms with Crippen molar-refractivity contribution >= 4 is 23.2 Å². The average molecular weight is 440 g/mol. The van der Waals surface area contributed by atoms with E-state index in [0.29, 0.717) is 40.3 Å². The van der Waals surface area contributed by atoms with Crippen LogP contribution in [0.4, 0.5) is 0 Å². The smallest absolute Gasteiger partial charge is 0.307 e. The molecule has 160 valence electrons. The SMILES string of the molecule is COc1ccc(OCCCN2C(=O)c3ccccc3C2=O)c(Cc2sc(=O)[nH]c2O)c1. The molecule has 0 fully saturated rings. The summed E-state index contributed by atoms with van der Waals surface area (Å²) < 4.78 is 11.2. The molecule has 1 aliphatic heterocycles. The van der Waals surface area contributed by atoms with Gasteiger partial charge in [0.05, 0.1) is 29.7 Å². The molecule has 3 aromatic rings. The predicted octanol–water partition coefficient (Wildman–Crippen LogP) is 2.81. The van der Waals surface area contributed by atoms with Crippen LogP contribution >= 0.6 is 11.3 Å². The molecule has 4 rings (SSSR count). The minimum Gasteiger partial charge on any atom is -0.497 e. The van der Waals surface area contributed by atoms with E-state index in [-0.39, 0.29) is 35.7 Å². The van der Waals surface area contributed by atoms with Gasteiger partial charge in [-0.2, -0.15) is 0 Å². The van der Waals surface area contributed by atoms with Crippen molar-refractivity contribution in [2.75, 3.05) is 20.3 Å². The lowest BCUT2D eigenvalue weighted by atomic mass is 10.1. The Morgan fingerprint density at radius 2 is 1.77 bits per heavy atom. The zero-order valence-electron chi connectivity index (χ0n) is 16.7. The molecule has 2 N–H and O–H groups in total. The number of benzene rings is 2. The lowest BCUT2D eigenvalue weighted by Gasteiger charge is -2.15. The number of rotatable bonds is 8. The first-order valence-electron chi connectivity index (χ1n) is 9.64. The molecule has 0 saturated heterocycles. The number of carbonyl (C=O) groups is 2. The first-order valence-corrected chi connectivity index (χ1v) is 10.5. The molecule has 0 radical (unpaired) electrons. The van der Waals surface area contributed by atoms with Crippen LogP contribution in [0.1, 0.15) is 37.6 Å². The van der Waals surface area contributed by atoms with Gasteiger partial charge in [-0.1, -0.05) is 23.5 Å². The molecule has 0 spiro atoms. The Hall–Kier alpha value is -3.59. The maximum Gasteiger partial charge on any atom is 0.307 e. The third kappa shape index (κ3) is 4.17. The van der Waals surface area contributed by atoms with E-state index in [1.54, 1.807) is 49.6 Å². The van der Waals surface area contributed by atoms with Crippen molar-refractivity contribution in [2.45, 2.75) is 12.8 Å². The summed E-state index contributed by atoms with van der Waals surface area (Å²) in [6.07, 6.45) is 0.750. The number of nitrogens with zero attached hydrogens (tertiary/aromatic N) is 1. The molecular weight excluding hydrogens is 420 g/mol. The summed E-state index contributed by atoms with van der Waals surface area (Å²) in [7, 11) is 1.55. The van der Waals surface area contributed by atoms with E-state index in [1.165, 1.54) is 4.90 Å². The summed E-state index contributed by atoms with van der Waals surface area (Å²) in [5.74, 6) is 0.459. The third-order valence-electron chi connectivity index (χ3n) is 4.98. The number of aromatic hydroxyl groups is 1. The van der Waals surface area contributed by atoms with E-state index in [2.05, 4.69) is 4.98 Å². The van der Waals surface area contributed by atoms with Crippen LogP contribution in [0, 0.1) is 0 Å². The molecule has 2 aromatic carbocycles. The van der Waals surface area contributed by atoms with Gasteiger partial charge >= 0.3 is 4.87 Å². The number of hydrogen-bond donors (Lipinski definition) is 2. The Bertz CT molecular complexity index is 1160. The van der Waals surface area contributed by atoms with Gasteiger partial charge in [0, 0.05) is 18.5 Å². The van der Waals surface area contributed by atoms with Gasteiger partial charge in [0.25, 0.3) is 11.8 Å². The van der Waals surface area contributed by atoms with Crippen LogP contribution in [-0.2, 0) is 6.42 Å². The van der Waals surface area contributed by atoms with Crippen LogP contribution < -0.4 is 14.3 Å². The zero-order valence-corrected chi connectivity index (χ0v) is 17.5. The molecule has 0 aliphatic carbocycles. The van der Waals surface area contributed by atoms with Crippen molar-refractivity contribution in [2.24, 2.45) is 0 Å². The van der Waals surface area contributed by atoms with Crippen LogP contribution in [-0.4, -0.2) is 47.1 Å². The molecule has 1 aromatic heterocycles. The summed E-state index contributed by atoms with van der Waals surface area (Å²) in [6.45, 7) is 0.528. The van der Waals surface area contributed by atoms with E-state index in [1.807, 2.05) is 0 Å². The summed E-state index contributed by atoms with van der Waals surface area (Å²) >= 11 is 0.932. The molecular formula is C22H20N2O6S. The highest BCUT2D eigenvalue weighted by molar-refractivity contribution is 7.09. The summed E-state index contributed by atoms with van der Waals surface area (Å²) in [4.78, 5) is 40.1. The van der Waals surface area contributed by atoms with Crippen LogP contribution in [0.2, 0.25) is 0 Å². The fraction of sp³-hybridized carbons (Fsp3) is 0.227. The number of hydrogen-bond acceptors (Lipinski definition) is 7. The van der Waals surface area contributed by atoms with Gasteiger partial charge in [-0.25, -0.2) is 0 Å². The van der Waals surface area contributed by atoms with Gasteiger partial charge in [0.1, 0.15) is 11.5 Å². The predicted molar refractivity (Wildman–Crippen MR) is 114 cm³/mol. The second-order valence-electron chi connectivity index (χ2n) is 6.95. The van der Waals surface area contributed by atoms with Crippen LogP contribution in [0.3, 0.4) is 0 Å². The van der Waals surface area contributed by atoms with Gasteiger partial charge in [0.15, 0.2) is 0 Å². The van der Waals surface area contributed by atoms with Gasteiger partial charge in [-0.05, 0) is 36.8 Å². The normalized spacial score (nSPS) is 12.9. The Balaban J connectivity index is 1.41. The first kappa shape index (κ1) is 20.7. The average Bonchev–Trinajstić information content (AvgIpc) is 3.21. The van der Waals surface area contributed by atoms with Gasteiger partial charge in [-0.3, -0.25) is 24.3 Å². The Kier molecular flexibility index (Phi) is 5.77. The zero-order chi connectivity index (χ0) is 22.0. The highest BCUT2D eigenvalue weighted by atomic mass is 32.1. The molecule has 9 heteroatoms. The van der Waals surface area contributed by atoms with Crippen LogP contribution in [0.15, 0.2) is 47.3 Å². The molecule has 0 unspecified atom stereocenters. The minimum atomic E-state index is -0.334. The summed E-state index contributed by atoms with van der Waals surface area (Å²) in [5, 5.41) is 9.88. The lowest BCUT2D eigenvalue weighted by molar-refractivity contribution is 0.0646. The van der Waals surface area contributed by atoms with Gasteiger partial charge in [0.2, 0.25) is 5.88 Å². The lowest BCUT2D eigenvalue weighted by Crippen LogP contribution is -2.31. The van der Waals surface area contributed by atoms with Crippen molar-refractivity contribution in [3.8, 4) is 17.4 Å². The molecule has 31 heavy (non-hydrogen) atoms. The Labute approximate surface area is 181 Å². The minimum absolute atomic E-state index is 0.158. The third-order valence-corrected chi connectivity index (χ3v) is 5.85. The van der Waals surface area contributed by atoms with Gasteiger partial charge < -0.3 is 14.6 Å². The molecule has 2 amide bonds. The number of ether oxygens (including phenoxy) is 2. The molecule has 0 saturated carbocycles. The quantitative estimate of drug-likeness (QED) is 0.412. The number of fused-ring (bicyclic) bond motifs is 1. The fourth-order valence-corrected chi connectivity index (χ4v) is 4.20. The number of carbonyl (C=O) groups excluding carboxylic acids is 2. The summed E-state index contributed by atoms with van der Waals surface area (Å²) in [6, 6.07) is 12.1. The van der Waals surface area contributed by atoms with Gasteiger partial charge in [-0.15, -0.1) is 0 Å². The standard InChI is InChI=1S/C22H20N2O6S/c1-29-14-7-8-17(13(11-14)12-18-19(25)23-22(28)31-18)30-10-4-9-24-20(26)15-5-2-3-6-16(15)21(24)27/h2-3,5-8,11,25H,4,9-10,12H2,1H3,(H,23,28). The van der Waals surface area contributed by atoms with Crippen LogP contribution in [0.25, 0.3) is 0 Å². The maximum atomic E-state index is 12.4. The van der Waals surface area contributed by atoms with Crippen molar-refractivity contribution in [1.29, 1.82) is 0 Å². The number of aromatic amines is 1. The number of thiazole rings is 1. The largest absolute Gasteiger partial charge is 0.497 e. The maximum absolute atomic E-state index is 12.4. The van der Waals surface area contributed by atoms with E-state index >= 15 is 0 Å². The van der Waals surface area contributed by atoms with E-state index in [0.717, 1.165) is 16.9 Å². The molecule has 1 aliphatic rings. The van der Waals surface area contributed by atoms with Crippen molar-refractivity contribution in [1.82, 2.24) is 9.88 Å². The first-order chi connectivity index (χ1) is 15.0. The Morgan fingerprint density at radius 1 is 1.06 bits per heavy atom. The number of methoxy groups -OCH3 is 1. The summed E-state index contributed by atoms with van der Waals surface area (Å²) in [5.41, 5.74) is 1.60. The van der Waals surface area contributed by atoms with E-state index in [9.17, 15) is 19.5 Å². The fourth-order valence-electron chi connectivity index (χ4n) is 3.45.